The van der Waals surface area contributed by atoms with Crippen LogP contribution in [0.15, 0.2) is 23.8 Å². The standard InChI is InChI=1S/C23H30O5.C3H8O2.CH4/c1-13(24)28-12-20(27)18-7-6-17-16-5-4-14-10-15(25)8-9-22(14,2)21(16)19(26)11-23(17,18)3;1-3(2,4)5;/h8-10,16-19,21,26H,4-7,11-12H2,1-3H3;4-5H,1-2H3;1H4. The number of carbonyl (C=O) groups excluding carboxylic acids is 3. The molecule has 4 aliphatic carbocycles. The molecule has 0 aliphatic heterocycles. The predicted octanol–water partition coefficient (Wildman–Crippen LogP) is 3.36. The van der Waals surface area contributed by atoms with Crippen LogP contribution in [0.5, 0.6) is 0 Å². The molecule has 0 heterocycles. The normalized spacial score (nSPS) is 38.2. The average Bonchev–Trinajstić information content (AvgIpc) is 3.01. The Morgan fingerprint density at radius 3 is 2.38 bits per heavy atom. The number of aliphatic hydroxyl groups excluding tert-OH is 1. The van der Waals surface area contributed by atoms with Gasteiger partial charge >= 0.3 is 5.97 Å². The fourth-order valence-electron chi connectivity index (χ4n) is 7.13. The molecule has 0 spiro atoms. The fraction of sp³-hybridized carbons (Fsp3) is 0.741. The Balaban J connectivity index is 0.000000619. The van der Waals surface area contributed by atoms with Crippen molar-refractivity contribution in [2.45, 2.75) is 86.0 Å². The smallest absolute Gasteiger partial charge is 0.303 e. The van der Waals surface area contributed by atoms with Crippen molar-refractivity contribution in [1.82, 2.24) is 0 Å². The minimum atomic E-state index is -1.50. The first kappa shape index (κ1) is 28.4. The van der Waals surface area contributed by atoms with Crippen molar-refractivity contribution in [2.24, 2.45) is 34.5 Å². The van der Waals surface area contributed by atoms with Crippen LogP contribution in [0.25, 0.3) is 0 Å². The molecule has 3 N–H and O–H groups in total. The Bertz CT molecular complexity index is 861. The van der Waals surface area contributed by atoms with Crippen molar-refractivity contribution in [1.29, 1.82) is 0 Å². The maximum Gasteiger partial charge on any atom is 0.303 e. The van der Waals surface area contributed by atoms with Crippen molar-refractivity contribution >= 4 is 17.5 Å². The minimum Gasteiger partial charge on any atom is -0.458 e. The van der Waals surface area contributed by atoms with E-state index in [2.05, 4.69) is 13.8 Å². The van der Waals surface area contributed by atoms with E-state index in [9.17, 15) is 19.5 Å². The Kier molecular flexibility index (Phi) is 8.39. The van der Waals surface area contributed by atoms with Gasteiger partial charge in [-0.2, -0.15) is 0 Å². The summed E-state index contributed by atoms with van der Waals surface area (Å²) < 4.78 is 4.97. The zero-order valence-corrected chi connectivity index (χ0v) is 20.3. The summed E-state index contributed by atoms with van der Waals surface area (Å²) >= 11 is 0. The second-order valence-corrected chi connectivity index (χ2v) is 11.2. The van der Waals surface area contributed by atoms with Crippen molar-refractivity contribution in [2.75, 3.05) is 6.61 Å². The van der Waals surface area contributed by atoms with Crippen LogP contribution in [0.3, 0.4) is 0 Å². The van der Waals surface area contributed by atoms with Gasteiger partial charge in [0.15, 0.2) is 17.4 Å². The van der Waals surface area contributed by atoms with Gasteiger partial charge in [-0.25, -0.2) is 0 Å². The van der Waals surface area contributed by atoms with E-state index in [1.165, 1.54) is 20.8 Å². The molecule has 4 aliphatic rings. The van der Waals surface area contributed by atoms with Crippen LogP contribution >= 0.6 is 0 Å². The zero-order chi connectivity index (χ0) is 24.8. The van der Waals surface area contributed by atoms with Crippen LogP contribution in [-0.4, -0.2) is 51.4 Å². The zero-order valence-electron chi connectivity index (χ0n) is 20.3. The number of ether oxygens (including phenoxy) is 1. The number of hydrogen-bond donors (Lipinski definition) is 3. The van der Waals surface area contributed by atoms with Gasteiger partial charge in [-0.15, -0.1) is 0 Å². The van der Waals surface area contributed by atoms with Gasteiger partial charge in [-0.05, 0) is 75.4 Å². The first-order chi connectivity index (χ1) is 15.2. The molecule has 0 aromatic rings. The van der Waals surface area contributed by atoms with Gasteiger partial charge in [-0.3, -0.25) is 14.4 Å². The van der Waals surface area contributed by atoms with Gasteiger partial charge in [0.05, 0.1) is 6.10 Å². The Labute approximate surface area is 203 Å². The number of rotatable bonds is 3. The van der Waals surface area contributed by atoms with Crippen LogP contribution in [0.1, 0.15) is 74.1 Å². The highest BCUT2D eigenvalue weighted by Gasteiger charge is 2.62. The monoisotopic (exact) mass is 478 g/mol. The molecule has 4 rings (SSSR count). The third-order valence-electron chi connectivity index (χ3n) is 8.30. The molecule has 3 fully saturated rings. The number of aliphatic hydroxyl groups is 3. The summed E-state index contributed by atoms with van der Waals surface area (Å²) in [5, 5.41) is 27.4. The predicted molar refractivity (Wildman–Crippen MR) is 128 cm³/mol. The molecule has 7 unspecified atom stereocenters. The summed E-state index contributed by atoms with van der Waals surface area (Å²) in [5.41, 5.74) is 0.602. The number of allylic oxidation sites excluding steroid dienone is 4. The number of Topliss-reactive ketones (excluding diaryl/α,β-unsaturated/α-hetero) is 1. The summed E-state index contributed by atoms with van der Waals surface area (Å²) in [7, 11) is 0. The molecule has 7 atom stereocenters. The van der Waals surface area contributed by atoms with E-state index in [1.54, 1.807) is 12.2 Å². The van der Waals surface area contributed by atoms with Crippen molar-refractivity contribution in [3.8, 4) is 0 Å². The summed E-state index contributed by atoms with van der Waals surface area (Å²) in [6.45, 7) is 8.05. The summed E-state index contributed by atoms with van der Waals surface area (Å²) in [6.07, 6.45) is 9.08. The van der Waals surface area contributed by atoms with Crippen molar-refractivity contribution in [3.63, 3.8) is 0 Å². The van der Waals surface area contributed by atoms with Gasteiger partial charge in [-0.1, -0.05) is 32.9 Å². The quantitative estimate of drug-likeness (QED) is 0.420. The Morgan fingerprint density at radius 2 is 1.79 bits per heavy atom. The number of hydrogen-bond acceptors (Lipinski definition) is 7. The van der Waals surface area contributed by atoms with E-state index >= 15 is 0 Å². The van der Waals surface area contributed by atoms with Gasteiger partial charge in [0.25, 0.3) is 0 Å². The van der Waals surface area contributed by atoms with Crippen LogP contribution < -0.4 is 0 Å². The number of ketones is 2. The molecule has 192 valence electrons. The van der Waals surface area contributed by atoms with E-state index in [-0.39, 0.29) is 48.3 Å². The van der Waals surface area contributed by atoms with Crippen LogP contribution in [-0.2, 0) is 19.1 Å². The van der Waals surface area contributed by atoms with Crippen LogP contribution in [0.4, 0.5) is 0 Å². The molecule has 0 saturated heterocycles. The molecular weight excluding hydrogens is 436 g/mol. The molecule has 0 amide bonds. The maximum absolute atomic E-state index is 12.8. The molecule has 3 saturated carbocycles. The number of fused-ring (bicyclic) bond motifs is 5. The molecule has 7 nitrogen and oxygen atoms in total. The van der Waals surface area contributed by atoms with E-state index in [4.69, 9.17) is 14.9 Å². The number of esters is 1. The molecule has 0 radical (unpaired) electrons. The van der Waals surface area contributed by atoms with Crippen LogP contribution in [0, 0.1) is 34.5 Å². The van der Waals surface area contributed by atoms with Crippen molar-refractivity contribution in [3.05, 3.63) is 23.8 Å². The lowest BCUT2D eigenvalue weighted by Gasteiger charge is -2.58. The molecule has 7 heteroatoms. The van der Waals surface area contributed by atoms with Gasteiger partial charge < -0.3 is 20.1 Å². The summed E-state index contributed by atoms with van der Waals surface area (Å²) in [5.74, 6) is -1.29. The molecule has 34 heavy (non-hydrogen) atoms. The lowest BCUT2D eigenvalue weighted by molar-refractivity contribution is -0.152. The first-order valence-corrected chi connectivity index (χ1v) is 11.9. The average molecular weight is 479 g/mol. The molecule has 0 aromatic carbocycles. The lowest BCUT2D eigenvalue weighted by Crippen LogP contribution is -2.56. The third-order valence-corrected chi connectivity index (χ3v) is 8.30. The molecule has 0 bridgehead atoms. The van der Waals surface area contributed by atoms with E-state index in [0.29, 0.717) is 18.3 Å². The first-order valence-electron chi connectivity index (χ1n) is 11.9. The van der Waals surface area contributed by atoms with E-state index in [0.717, 1.165) is 31.3 Å². The number of carbonyl (C=O) groups is 3. The van der Waals surface area contributed by atoms with E-state index < -0.39 is 17.9 Å². The van der Waals surface area contributed by atoms with Crippen LogP contribution in [0.2, 0.25) is 0 Å². The van der Waals surface area contributed by atoms with Gasteiger partial charge in [0.1, 0.15) is 6.61 Å². The lowest BCUT2D eigenvalue weighted by atomic mass is 9.46. The maximum atomic E-state index is 12.8. The van der Waals surface area contributed by atoms with Crippen molar-refractivity contribution < 1.29 is 34.4 Å². The highest BCUT2D eigenvalue weighted by Crippen LogP contribution is 2.66. The van der Waals surface area contributed by atoms with Gasteiger partial charge in [0.2, 0.25) is 0 Å². The highest BCUT2D eigenvalue weighted by atomic mass is 16.5. The van der Waals surface area contributed by atoms with Gasteiger partial charge in [0, 0.05) is 24.2 Å². The topological polar surface area (TPSA) is 121 Å². The second-order valence-electron chi connectivity index (χ2n) is 11.2. The highest BCUT2D eigenvalue weighted by molar-refractivity contribution is 6.01. The Hall–Kier alpha value is -1.83. The molecule has 0 aromatic heterocycles. The fourth-order valence-corrected chi connectivity index (χ4v) is 7.13. The second kappa shape index (κ2) is 10.0. The molecular formula is C27H42O7. The summed E-state index contributed by atoms with van der Waals surface area (Å²) in [6, 6.07) is 0. The third kappa shape index (κ3) is 5.52. The largest absolute Gasteiger partial charge is 0.458 e. The minimum absolute atomic E-state index is 0. The Morgan fingerprint density at radius 1 is 1.18 bits per heavy atom. The SMILES string of the molecule is C.CC(=O)OCC(=O)C1CCC2C3CCC4=CC(=O)C=CC4(C)C3C(O)CC12C.CC(C)(O)O. The van der Waals surface area contributed by atoms with E-state index in [1.807, 2.05) is 6.08 Å². The summed E-state index contributed by atoms with van der Waals surface area (Å²) in [4.78, 5) is 35.8.